The lowest BCUT2D eigenvalue weighted by Crippen LogP contribution is -2.36. The molecule has 2 aromatic carbocycles. The Balaban J connectivity index is 1.22. The number of rotatable bonds is 9. The molecule has 1 amide bonds. The molecule has 0 saturated carbocycles. The van der Waals surface area contributed by atoms with Crippen molar-refractivity contribution in [3.8, 4) is 17.2 Å². The second-order valence-corrected chi connectivity index (χ2v) is 10.6. The summed E-state index contributed by atoms with van der Waals surface area (Å²) < 4.78 is 74.8. The third kappa shape index (κ3) is 5.96. The van der Waals surface area contributed by atoms with Gasteiger partial charge in [-0.1, -0.05) is 6.07 Å². The highest BCUT2D eigenvalue weighted by Gasteiger charge is 2.48. The number of carbonyl (C=O) groups is 1. The number of hydrogen-bond donors (Lipinski definition) is 1. The van der Waals surface area contributed by atoms with Crippen LogP contribution in [0.25, 0.3) is 0 Å². The molecule has 1 atom stereocenters. The summed E-state index contributed by atoms with van der Waals surface area (Å²) in [5.41, 5.74) is -1.50. The summed E-state index contributed by atoms with van der Waals surface area (Å²) in [6, 6.07) is 8.08. The molecule has 0 spiro atoms. The van der Waals surface area contributed by atoms with Crippen molar-refractivity contribution >= 4 is 16.0 Å². The summed E-state index contributed by atoms with van der Waals surface area (Å²) in [4.78, 5) is 14.7. The maximum Gasteiger partial charge on any atom is 0.534 e. The van der Waals surface area contributed by atoms with Crippen molar-refractivity contribution in [3.05, 3.63) is 52.6 Å². The van der Waals surface area contributed by atoms with E-state index in [0.717, 1.165) is 35.1 Å². The molecule has 12 heteroatoms. The molecule has 0 radical (unpaired) electrons. The zero-order valence-corrected chi connectivity index (χ0v) is 21.4. The first kappa shape index (κ1) is 27.1. The van der Waals surface area contributed by atoms with Crippen LogP contribution in [0.2, 0.25) is 0 Å². The van der Waals surface area contributed by atoms with E-state index in [9.17, 15) is 26.4 Å². The van der Waals surface area contributed by atoms with Gasteiger partial charge in [0.25, 0.3) is 0 Å². The predicted octanol–water partition coefficient (Wildman–Crippen LogP) is 3.18. The monoisotopic (exact) mass is 542 g/mol. The predicted molar refractivity (Wildman–Crippen MR) is 130 cm³/mol. The van der Waals surface area contributed by atoms with Gasteiger partial charge in [-0.05, 0) is 65.8 Å². The SMILES string of the molecule is COc1cc2c(cc1OC)CCN(C(=O)CCNCC1Cc3cc(OS(=O)(=O)C(F)(F)F)ccc31)CC2. The molecule has 37 heavy (non-hydrogen) atoms. The summed E-state index contributed by atoms with van der Waals surface area (Å²) >= 11 is 0. The van der Waals surface area contributed by atoms with Crippen molar-refractivity contribution < 1.29 is 40.0 Å². The van der Waals surface area contributed by atoms with Gasteiger partial charge in [-0.15, -0.1) is 0 Å². The molecule has 0 aromatic heterocycles. The lowest BCUT2D eigenvalue weighted by atomic mass is 9.77. The number of fused-ring (bicyclic) bond motifs is 2. The molecular formula is C25H29F3N2O6S. The van der Waals surface area contributed by atoms with Gasteiger partial charge in [0.05, 0.1) is 14.2 Å². The van der Waals surface area contributed by atoms with Crippen molar-refractivity contribution in [2.75, 3.05) is 40.4 Å². The van der Waals surface area contributed by atoms with Gasteiger partial charge in [0.15, 0.2) is 11.5 Å². The lowest BCUT2D eigenvalue weighted by Gasteiger charge is -2.31. The Hall–Kier alpha value is -2.99. The second kappa shape index (κ2) is 10.8. The van der Waals surface area contributed by atoms with Crippen molar-refractivity contribution in [1.29, 1.82) is 0 Å². The molecule has 0 fully saturated rings. The van der Waals surface area contributed by atoms with Gasteiger partial charge in [-0.25, -0.2) is 0 Å². The first-order chi connectivity index (χ1) is 17.5. The van der Waals surface area contributed by atoms with Crippen LogP contribution < -0.4 is 19.0 Å². The molecule has 0 saturated heterocycles. The summed E-state index contributed by atoms with van der Waals surface area (Å²) in [5.74, 6) is 1.21. The number of hydrogen-bond acceptors (Lipinski definition) is 7. The average Bonchev–Trinajstić information content (AvgIpc) is 3.04. The Morgan fingerprint density at radius 3 is 2.19 bits per heavy atom. The van der Waals surface area contributed by atoms with E-state index < -0.39 is 15.6 Å². The van der Waals surface area contributed by atoms with Crippen LogP contribution in [0.15, 0.2) is 30.3 Å². The molecule has 2 aliphatic rings. The molecule has 1 aliphatic heterocycles. The van der Waals surface area contributed by atoms with Gasteiger partial charge in [0.2, 0.25) is 5.91 Å². The van der Waals surface area contributed by atoms with Crippen LogP contribution in [0.5, 0.6) is 17.2 Å². The number of methoxy groups -OCH3 is 2. The minimum atomic E-state index is -5.69. The topological polar surface area (TPSA) is 94.2 Å². The number of benzene rings is 2. The lowest BCUT2D eigenvalue weighted by molar-refractivity contribution is -0.131. The number of nitrogens with zero attached hydrogens (tertiary/aromatic N) is 1. The summed E-state index contributed by atoms with van der Waals surface area (Å²) in [6.45, 7) is 2.37. The smallest absolute Gasteiger partial charge is 0.493 e. The maximum absolute atomic E-state index is 12.8. The number of ether oxygens (including phenoxy) is 2. The van der Waals surface area contributed by atoms with E-state index in [2.05, 4.69) is 9.50 Å². The third-order valence-electron chi connectivity index (χ3n) is 6.78. The molecule has 2 aromatic rings. The summed E-state index contributed by atoms with van der Waals surface area (Å²) in [6.07, 6.45) is 2.41. The van der Waals surface area contributed by atoms with Crippen LogP contribution in [0, 0.1) is 0 Å². The van der Waals surface area contributed by atoms with Gasteiger partial charge < -0.3 is 23.9 Å². The Bertz CT molecular complexity index is 1230. The van der Waals surface area contributed by atoms with E-state index in [1.54, 1.807) is 20.3 Å². The number of halogens is 3. The van der Waals surface area contributed by atoms with Crippen molar-refractivity contribution in [3.63, 3.8) is 0 Å². The van der Waals surface area contributed by atoms with Crippen LogP contribution in [-0.2, 0) is 34.2 Å². The van der Waals surface area contributed by atoms with Crippen molar-refractivity contribution in [1.82, 2.24) is 10.2 Å². The number of carbonyl (C=O) groups excluding carboxylic acids is 1. The van der Waals surface area contributed by atoms with Gasteiger partial charge in [-0.2, -0.15) is 21.6 Å². The Kier molecular flexibility index (Phi) is 7.88. The van der Waals surface area contributed by atoms with Crippen molar-refractivity contribution in [2.24, 2.45) is 0 Å². The fourth-order valence-corrected chi connectivity index (χ4v) is 5.19. The molecule has 1 N–H and O–H groups in total. The Morgan fingerprint density at radius 1 is 1.03 bits per heavy atom. The van der Waals surface area contributed by atoms with E-state index in [0.29, 0.717) is 50.5 Å². The van der Waals surface area contributed by atoms with Crippen LogP contribution in [0.4, 0.5) is 13.2 Å². The van der Waals surface area contributed by atoms with Crippen LogP contribution in [0.1, 0.15) is 34.6 Å². The van der Waals surface area contributed by atoms with E-state index in [1.807, 2.05) is 17.0 Å². The van der Waals surface area contributed by atoms with Crippen LogP contribution in [0.3, 0.4) is 0 Å². The minimum absolute atomic E-state index is 0.0703. The summed E-state index contributed by atoms with van der Waals surface area (Å²) in [7, 11) is -2.49. The van der Waals surface area contributed by atoms with E-state index >= 15 is 0 Å². The fourth-order valence-electron chi connectivity index (χ4n) is 4.74. The fraction of sp³-hybridized carbons (Fsp3) is 0.480. The van der Waals surface area contributed by atoms with Gasteiger partial charge >= 0.3 is 15.6 Å². The zero-order valence-electron chi connectivity index (χ0n) is 20.6. The van der Waals surface area contributed by atoms with E-state index in [-0.39, 0.29) is 17.6 Å². The van der Waals surface area contributed by atoms with Crippen LogP contribution in [-0.4, -0.2) is 65.1 Å². The third-order valence-corrected chi connectivity index (χ3v) is 7.76. The summed E-state index contributed by atoms with van der Waals surface area (Å²) in [5, 5.41) is 3.28. The zero-order chi connectivity index (χ0) is 26.8. The quantitative estimate of drug-likeness (QED) is 0.296. The molecular weight excluding hydrogens is 513 g/mol. The molecule has 0 bridgehead atoms. The maximum atomic E-state index is 12.8. The van der Waals surface area contributed by atoms with Gasteiger partial charge in [0.1, 0.15) is 5.75 Å². The average molecular weight is 543 g/mol. The number of alkyl halides is 3. The first-order valence-electron chi connectivity index (χ1n) is 11.9. The molecule has 202 valence electrons. The molecule has 1 unspecified atom stereocenters. The molecule has 1 aliphatic carbocycles. The number of amides is 1. The standard InChI is InChI=1S/C25H29F3N2O6S/c1-34-22-13-16-6-9-30(10-7-17(16)14-23(22)35-2)24(31)5-8-29-15-19-11-18-12-20(3-4-21(18)19)36-37(32,33)25(26,27)28/h3-4,12-14,19,29H,5-11,15H2,1-2H3. The van der Waals surface area contributed by atoms with E-state index in [4.69, 9.17) is 9.47 Å². The normalized spacial score (nSPS) is 17.2. The first-order valence-corrected chi connectivity index (χ1v) is 13.3. The molecule has 8 nitrogen and oxygen atoms in total. The van der Waals surface area contributed by atoms with Gasteiger partial charge in [0, 0.05) is 38.5 Å². The molecule has 1 heterocycles. The molecule has 4 rings (SSSR count). The van der Waals surface area contributed by atoms with Crippen LogP contribution >= 0.6 is 0 Å². The number of nitrogens with one attached hydrogen (secondary N) is 1. The minimum Gasteiger partial charge on any atom is -0.493 e. The highest BCUT2D eigenvalue weighted by molar-refractivity contribution is 7.88. The Labute approximate surface area is 213 Å². The van der Waals surface area contributed by atoms with Gasteiger partial charge in [-0.3, -0.25) is 4.79 Å². The van der Waals surface area contributed by atoms with Crippen molar-refractivity contribution in [2.45, 2.75) is 37.1 Å². The highest BCUT2D eigenvalue weighted by Crippen LogP contribution is 2.38. The second-order valence-electron chi connectivity index (χ2n) is 9.06. The highest BCUT2D eigenvalue weighted by atomic mass is 32.2. The van der Waals surface area contributed by atoms with E-state index in [1.165, 1.54) is 12.1 Å². The largest absolute Gasteiger partial charge is 0.534 e. The Morgan fingerprint density at radius 2 is 1.65 bits per heavy atom.